The number of aliphatic hydroxyl groups excluding tert-OH is 2. The van der Waals surface area contributed by atoms with Crippen LogP contribution in [0.2, 0.25) is 0 Å². The molecule has 0 aromatic rings. The molecule has 10 nitrogen and oxygen atoms in total. The number of ether oxygens (including phenoxy) is 3. The van der Waals surface area contributed by atoms with Crippen LogP contribution in [0, 0.1) is 45.3 Å². The molecule has 7 fully saturated rings. The van der Waals surface area contributed by atoms with Crippen LogP contribution in [0.25, 0.3) is 0 Å². The summed E-state index contributed by atoms with van der Waals surface area (Å²) in [6, 6.07) is 0. The van der Waals surface area contributed by atoms with Gasteiger partial charge in [0.2, 0.25) is 0 Å². The fourth-order valence-corrected chi connectivity index (χ4v) is 13.4. The van der Waals surface area contributed by atoms with Crippen LogP contribution in [0.5, 0.6) is 0 Å². The molecule has 0 radical (unpaired) electrons. The molecule has 5 aliphatic carbocycles. The van der Waals surface area contributed by atoms with Gasteiger partial charge in [-0.15, -0.1) is 0 Å². The number of fused-ring (bicyclic) bond motifs is 4. The molecule has 2 spiro atoms. The lowest BCUT2D eigenvalue weighted by Crippen LogP contribution is -2.70. The molecule has 7 rings (SSSR count). The summed E-state index contributed by atoms with van der Waals surface area (Å²) < 4.78 is 19.5. The fourth-order valence-electron chi connectivity index (χ4n) is 13.4. The van der Waals surface area contributed by atoms with E-state index in [1.54, 1.807) is 13.8 Å². The highest BCUT2D eigenvalue weighted by molar-refractivity contribution is 5.66. The minimum absolute atomic E-state index is 0.0372. The monoisotopic (exact) mass is 662 g/mol. The predicted molar refractivity (Wildman–Crippen MR) is 175 cm³/mol. The summed E-state index contributed by atoms with van der Waals surface area (Å²) in [6.45, 7) is 15.4. The lowest BCUT2D eigenvalue weighted by Gasteiger charge is -2.63. The minimum Gasteiger partial charge on any atom is -0.481 e. The maximum atomic E-state index is 12.3. The number of rotatable bonds is 8. The number of carboxylic acid groups (broad SMARTS) is 1. The first kappa shape index (κ1) is 34.6. The van der Waals surface area contributed by atoms with Crippen molar-refractivity contribution in [2.45, 2.75) is 154 Å². The Morgan fingerprint density at radius 3 is 2.51 bits per heavy atom. The van der Waals surface area contributed by atoms with Crippen LogP contribution >= 0.6 is 0 Å². The normalized spacial score (nSPS) is 51.1. The van der Waals surface area contributed by atoms with E-state index in [2.05, 4.69) is 32.6 Å². The van der Waals surface area contributed by atoms with Crippen LogP contribution in [-0.4, -0.2) is 105 Å². The molecule has 14 unspecified atom stereocenters. The largest absolute Gasteiger partial charge is 0.481 e. The van der Waals surface area contributed by atoms with Crippen molar-refractivity contribution in [2.24, 2.45) is 51.1 Å². The Kier molecular flexibility index (Phi) is 8.34. The first-order valence-electron chi connectivity index (χ1n) is 18.7. The van der Waals surface area contributed by atoms with Crippen LogP contribution in [0.3, 0.4) is 0 Å². The van der Waals surface area contributed by atoms with Crippen molar-refractivity contribution in [2.75, 3.05) is 26.2 Å². The number of nitrogens with two attached hydrogens (primary N) is 1. The van der Waals surface area contributed by atoms with Crippen molar-refractivity contribution in [1.29, 1.82) is 0 Å². The SMILES string of the molecule is CC1CC(C(O)C(C)(C)O)OC2C1C1(C)CCC34CC35CCC(OC3CN(CCCC(=O)O)CCO3)C(C)(C)C5CCC4C1(N)C2O. The number of hydrogen-bond donors (Lipinski definition) is 5. The maximum Gasteiger partial charge on any atom is 0.303 e. The van der Waals surface area contributed by atoms with E-state index in [1.165, 1.54) is 6.42 Å². The summed E-state index contributed by atoms with van der Waals surface area (Å²) in [5.41, 5.74) is 5.69. The first-order chi connectivity index (χ1) is 21.9. The van der Waals surface area contributed by atoms with Gasteiger partial charge in [0.15, 0.2) is 6.29 Å². The molecule has 0 aromatic carbocycles. The first-order valence-corrected chi connectivity index (χ1v) is 18.7. The van der Waals surface area contributed by atoms with E-state index < -0.39 is 41.5 Å². The van der Waals surface area contributed by atoms with Crippen molar-refractivity contribution in [3.8, 4) is 0 Å². The Hall–Kier alpha value is -0.850. The van der Waals surface area contributed by atoms with E-state index in [4.69, 9.17) is 25.1 Å². The second kappa shape index (κ2) is 11.3. The van der Waals surface area contributed by atoms with E-state index in [0.717, 1.165) is 51.6 Å². The van der Waals surface area contributed by atoms with Crippen LogP contribution in [0.4, 0.5) is 0 Å². The van der Waals surface area contributed by atoms with Crippen molar-refractivity contribution in [3.05, 3.63) is 0 Å². The van der Waals surface area contributed by atoms with E-state index in [0.29, 0.717) is 31.9 Å². The molecule has 0 aromatic heterocycles. The molecule has 2 aliphatic heterocycles. The van der Waals surface area contributed by atoms with Crippen LogP contribution < -0.4 is 5.73 Å². The number of nitrogens with zero attached hydrogens (tertiary/aromatic N) is 1. The maximum absolute atomic E-state index is 12.3. The summed E-state index contributed by atoms with van der Waals surface area (Å²) in [6.07, 6.45) is 5.88. The summed E-state index contributed by atoms with van der Waals surface area (Å²) in [4.78, 5) is 13.3. The number of hydrogen-bond acceptors (Lipinski definition) is 9. The Bertz CT molecular complexity index is 1230. The molecule has 47 heavy (non-hydrogen) atoms. The van der Waals surface area contributed by atoms with E-state index in [9.17, 15) is 20.1 Å². The molecular formula is C37H62N2O8. The molecule has 14 atom stereocenters. The Balaban J connectivity index is 1.08. The van der Waals surface area contributed by atoms with Gasteiger partial charge in [-0.1, -0.05) is 27.7 Å². The summed E-state index contributed by atoms with van der Waals surface area (Å²) >= 11 is 0. The van der Waals surface area contributed by atoms with Gasteiger partial charge in [0, 0.05) is 19.5 Å². The Morgan fingerprint density at radius 2 is 1.81 bits per heavy atom. The molecule has 268 valence electrons. The van der Waals surface area contributed by atoms with Gasteiger partial charge in [-0.2, -0.15) is 0 Å². The average Bonchev–Trinajstić information content (AvgIpc) is 3.62. The third-order valence-electron chi connectivity index (χ3n) is 15.6. The second-order valence-corrected chi connectivity index (χ2v) is 18.5. The van der Waals surface area contributed by atoms with Crippen molar-refractivity contribution >= 4 is 5.97 Å². The molecular weight excluding hydrogens is 600 g/mol. The average molecular weight is 663 g/mol. The number of carboxylic acids is 1. The fraction of sp³-hybridized carbons (Fsp3) is 0.973. The third-order valence-corrected chi connectivity index (χ3v) is 15.6. The van der Waals surface area contributed by atoms with Crippen LogP contribution in [0.15, 0.2) is 0 Å². The van der Waals surface area contributed by atoms with E-state index in [1.807, 2.05) is 0 Å². The minimum atomic E-state index is -1.29. The zero-order valence-electron chi connectivity index (χ0n) is 29.6. The standard InChI is InChI=1S/C37H62N2O8/c1-21-18-22(30(42)33(4,5)44)46-29-28(21)34(6)13-14-36-20-35(36)12-11-25(47-27-19-39(16-17-45-27)15-7-8-26(40)41)32(2,3)23(35)9-10-24(36)37(34,38)31(29)43/h21-25,27-31,42-44H,7-20,38H2,1-6H3,(H,40,41). The predicted octanol–water partition coefficient (Wildman–Crippen LogP) is 3.53. The van der Waals surface area contributed by atoms with Crippen molar-refractivity contribution < 1.29 is 39.4 Å². The smallest absolute Gasteiger partial charge is 0.303 e. The molecule has 2 saturated heterocycles. The van der Waals surface area contributed by atoms with Gasteiger partial charge in [0.1, 0.15) is 6.10 Å². The molecule has 10 heteroatoms. The van der Waals surface area contributed by atoms with Crippen molar-refractivity contribution in [3.63, 3.8) is 0 Å². The van der Waals surface area contributed by atoms with Gasteiger partial charge in [0.05, 0.1) is 42.2 Å². The topological polar surface area (TPSA) is 155 Å². The van der Waals surface area contributed by atoms with E-state index in [-0.39, 0.29) is 58.2 Å². The Labute approximate surface area is 281 Å². The van der Waals surface area contributed by atoms with Gasteiger partial charge in [-0.25, -0.2) is 0 Å². The molecule has 7 aliphatic rings. The molecule has 2 heterocycles. The van der Waals surface area contributed by atoms with Gasteiger partial charge >= 0.3 is 5.97 Å². The molecule has 0 bridgehead atoms. The van der Waals surface area contributed by atoms with E-state index >= 15 is 0 Å². The highest BCUT2D eigenvalue weighted by Crippen LogP contribution is 2.87. The summed E-state index contributed by atoms with van der Waals surface area (Å²) in [5.74, 6) is 0.293. The van der Waals surface area contributed by atoms with Gasteiger partial charge in [-0.05, 0) is 124 Å². The van der Waals surface area contributed by atoms with Gasteiger partial charge in [-0.3, -0.25) is 9.69 Å². The van der Waals surface area contributed by atoms with Gasteiger partial charge in [0.25, 0.3) is 0 Å². The van der Waals surface area contributed by atoms with Crippen LogP contribution in [0.1, 0.15) is 106 Å². The Morgan fingerprint density at radius 1 is 1.11 bits per heavy atom. The highest BCUT2D eigenvalue weighted by atomic mass is 16.7. The molecule has 0 amide bonds. The molecule has 6 N–H and O–H groups in total. The highest BCUT2D eigenvalue weighted by Gasteiger charge is 2.85. The zero-order chi connectivity index (χ0) is 33.9. The number of carbonyl (C=O) groups is 1. The third kappa shape index (κ3) is 4.89. The number of aliphatic hydroxyl groups is 3. The van der Waals surface area contributed by atoms with Gasteiger partial charge < -0.3 is 40.4 Å². The van der Waals surface area contributed by atoms with Crippen molar-refractivity contribution in [1.82, 2.24) is 4.90 Å². The second-order valence-electron chi connectivity index (χ2n) is 18.5. The zero-order valence-corrected chi connectivity index (χ0v) is 29.6. The van der Waals surface area contributed by atoms with Crippen LogP contribution in [-0.2, 0) is 19.0 Å². The summed E-state index contributed by atoms with van der Waals surface area (Å²) in [7, 11) is 0. The quantitative estimate of drug-likeness (QED) is 0.261. The lowest BCUT2D eigenvalue weighted by molar-refractivity contribution is -0.246. The summed E-state index contributed by atoms with van der Waals surface area (Å²) in [5, 5.41) is 42.9. The number of aliphatic carboxylic acids is 1. The number of morpholine rings is 1. The lowest BCUT2D eigenvalue weighted by atomic mass is 9.43. The molecule has 5 saturated carbocycles.